The predicted molar refractivity (Wildman–Crippen MR) is 71.0 cm³/mol. The molecule has 0 bridgehead atoms. The Morgan fingerprint density at radius 1 is 1.32 bits per heavy atom. The quantitative estimate of drug-likeness (QED) is 0.819. The van der Waals surface area contributed by atoms with Gasteiger partial charge in [0.2, 0.25) is 0 Å². The number of aliphatic hydroxyl groups excluding tert-OH is 1. The van der Waals surface area contributed by atoms with Crippen LogP contribution in [0.25, 0.3) is 0 Å². The van der Waals surface area contributed by atoms with E-state index in [-0.39, 0.29) is 26.1 Å². The molecule has 1 saturated heterocycles. The van der Waals surface area contributed by atoms with Gasteiger partial charge >= 0.3 is 18.2 Å². The lowest BCUT2D eigenvalue weighted by Gasteiger charge is -2.28. The molecule has 1 aliphatic rings. The molecule has 1 heterocycles. The molecule has 1 rings (SSSR count). The molecule has 0 radical (unpaired) electrons. The molecule has 0 saturated carbocycles. The Morgan fingerprint density at radius 2 is 1.91 bits per heavy atom. The van der Waals surface area contributed by atoms with Gasteiger partial charge < -0.3 is 20.1 Å². The maximum atomic E-state index is 12.4. The number of carbonyl (C=O) groups is 2. The number of nitrogens with zero attached hydrogens (tertiary/aromatic N) is 1. The number of hydrogen-bond acceptors (Lipinski definition) is 4. The van der Waals surface area contributed by atoms with Crippen LogP contribution in [-0.2, 0) is 9.53 Å². The summed E-state index contributed by atoms with van der Waals surface area (Å²) in [6.45, 7) is 4.13. The van der Waals surface area contributed by atoms with Crippen molar-refractivity contribution in [3.63, 3.8) is 0 Å². The number of ether oxygens (including phenoxy) is 1. The zero-order valence-electron chi connectivity index (χ0n) is 12.8. The minimum Gasteiger partial charge on any atom is -0.444 e. The third kappa shape index (κ3) is 5.04. The molecule has 1 unspecified atom stereocenters. The van der Waals surface area contributed by atoms with Gasteiger partial charge in [0.05, 0.1) is 6.61 Å². The highest BCUT2D eigenvalue weighted by Gasteiger charge is 2.48. The number of carbonyl (C=O) groups excluding carboxylic acids is 2. The molecule has 9 heteroatoms. The lowest BCUT2D eigenvalue weighted by atomic mass is 9.88. The van der Waals surface area contributed by atoms with Gasteiger partial charge in [0.15, 0.2) is 0 Å². The van der Waals surface area contributed by atoms with Crippen LogP contribution in [0.1, 0.15) is 27.2 Å². The first-order valence-corrected chi connectivity index (χ1v) is 6.82. The van der Waals surface area contributed by atoms with Crippen molar-refractivity contribution in [1.82, 2.24) is 10.2 Å². The summed E-state index contributed by atoms with van der Waals surface area (Å²) < 4.78 is 42.3. The van der Waals surface area contributed by atoms with Gasteiger partial charge in [-0.05, 0) is 27.2 Å². The number of alkyl carbamates (subject to hydrolysis) is 1. The Balaban J connectivity index is 2.61. The molecule has 2 amide bonds. The van der Waals surface area contributed by atoms with Crippen LogP contribution in [0.2, 0.25) is 0 Å². The second-order valence-corrected chi connectivity index (χ2v) is 6.49. The third-order valence-electron chi connectivity index (χ3n) is 3.31. The second kappa shape index (κ2) is 6.31. The van der Waals surface area contributed by atoms with Crippen molar-refractivity contribution < 1.29 is 32.6 Å². The van der Waals surface area contributed by atoms with Crippen LogP contribution in [0.4, 0.5) is 18.0 Å². The molecule has 128 valence electrons. The van der Waals surface area contributed by atoms with Crippen molar-refractivity contribution in [2.24, 2.45) is 5.41 Å². The van der Waals surface area contributed by atoms with Crippen molar-refractivity contribution in [3.05, 3.63) is 0 Å². The monoisotopic (exact) mass is 326 g/mol. The summed E-state index contributed by atoms with van der Waals surface area (Å²) in [5.74, 6) is -1.93. The number of nitrogens with one attached hydrogen (secondary N) is 1. The molecule has 22 heavy (non-hydrogen) atoms. The molecule has 6 nitrogen and oxygen atoms in total. The van der Waals surface area contributed by atoms with Crippen molar-refractivity contribution in [2.45, 2.75) is 39.0 Å². The summed E-state index contributed by atoms with van der Waals surface area (Å²) in [6, 6.07) is 0. The highest BCUT2D eigenvalue weighted by atomic mass is 19.4. The van der Waals surface area contributed by atoms with Crippen molar-refractivity contribution in [1.29, 1.82) is 0 Å². The Kier molecular flexibility index (Phi) is 5.32. The van der Waals surface area contributed by atoms with Gasteiger partial charge in [-0.25, -0.2) is 4.79 Å². The molecule has 1 fully saturated rings. The molecule has 2 N–H and O–H groups in total. The summed E-state index contributed by atoms with van der Waals surface area (Å²) in [5, 5.41) is 11.9. The van der Waals surface area contributed by atoms with Crippen LogP contribution < -0.4 is 5.32 Å². The zero-order valence-corrected chi connectivity index (χ0v) is 12.8. The summed E-state index contributed by atoms with van der Waals surface area (Å²) in [6.07, 6.45) is -5.49. The summed E-state index contributed by atoms with van der Waals surface area (Å²) >= 11 is 0. The number of amides is 2. The Morgan fingerprint density at radius 3 is 2.36 bits per heavy atom. The molecule has 0 aliphatic carbocycles. The normalized spacial score (nSPS) is 22.6. The molecule has 1 aliphatic heterocycles. The topological polar surface area (TPSA) is 78.9 Å². The van der Waals surface area contributed by atoms with Gasteiger partial charge in [-0.2, -0.15) is 13.2 Å². The fourth-order valence-corrected chi connectivity index (χ4v) is 2.19. The third-order valence-corrected chi connectivity index (χ3v) is 3.31. The van der Waals surface area contributed by atoms with Gasteiger partial charge in [0, 0.05) is 25.0 Å². The van der Waals surface area contributed by atoms with Crippen molar-refractivity contribution in [3.8, 4) is 0 Å². The van der Waals surface area contributed by atoms with Crippen LogP contribution in [0.15, 0.2) is 0 Å². The minimum absolute atomic E-state index is 0.0694. The van der Waals surface area contributed by atoms with E-state index in [9.17, 15) is 27.9 Å². The number of rotatable bonds is 3. The van der Waals surface area contributed by atoms with E-state index in [4.69, 9.17) is 4.74 Å². The lowest BCUT2D eigenvalue weighted by Crippen LogP contribution is -2.46. The van der Waals surface area contributed by atoms with Crippen LogP contribution >= 0.6 is 0 Å². The summed E-state index contributed by atoms with van der Waals surface area (Å²) in [7, 11) is 0. The van der Waals surface area contributed by atoms with E-state index >= 15 is 0 Å². The van der Waals surface area contributed by atoms with Crippen molar-refractivity contribution in [2.75, 3.05) is 26.2 Å². The zero-order chi connectivity index (χ0) is 17.2. The average molecular weight is 326 g/mol. The predicted octanol–water partition coefficient (Wildman–Crippen LogP) is 1.28. The standard InChI is InChI=1S/C13H21F3N2O4/c1-11(2,3)22-10(21)17-6-12(8-19)4-5-18(7-12)9(20)13(14,15)16/h19H,4-8H2,1-3H3,(H,17,21). The van der Waals surface area contributed by atoms with E-state index in [0.717, 1.165) is 0 Å². The lowest BCUT2D eigenvalue weighted by molar-refractivity contribution is -0.184. The van der Waals surface area contributed by atoms with Gasteiger partial charge in [0.25, 0.3) is 0 Å². The molecule has 0 aromatic carbocycles. The van der Waals surface area contributed by atoms with E-state index in [1.54, 1.807) is 20.8 Å². The highest BCUT2D eigenvalue weighted by molar-refractivity contribution is 5.82. The van der Waals surface area contributed by atoms with Gasteiger partial charge in [-0.15, -0.1) is 0 Å². The Hall–Kier alpha value is -1.51. The molecule has 0 aromatic rings. The van der Waals surface area contributed by atoms with E-state index in [1.807, 2.05) is 0 Å². The summed E-state index contributed by atoms with van der Waals surface area (Å²) in [5.41, 5.74) is -1.69. The molecule has 0 aromatic heterocycles. The maximum Gasteiger partial charge on any atom is 0.471 e. The first-order valence-electron chi connectivity index (χ1n) is 6.82. The fourth-order valence-electron chi connectivity index (χ4n) is 2.19. The van der Waals surface area contributed by atoms with Crippen molar-refractivity contribution >= 4 is 12.0 Å². The number of alkyl halides is 3. The first kappa shape index (κ1) is 18.5. The number of halogens is 3. The van der Waals surface area contributed by atoms with Crippen LogP contribution in [0.5, 0.6) is 0 Å². The van der Waals surface area contributed by atoms with E-state index in [1.165, 1.54) is 0 Å². The highest BCUT2D eigenvalue weighted by Crippen LogP contribution is 2.32. The van der Waals surface area contributed by atoms with E-state index < -0.39 is 35.8 Å². The minimum atomic E-state index is -4.94. The summed E-state index contributed by atoms with van der Waals surface area (Å²) in [4.78, 5) is 23.4. The van der Waals surface area contributed by atoms with Gasteiger partial charge in [0.1, 0.15) is 5.60 Å². The van der Waals surface area contributed by atoms with Crippen LogP contribution in [0, 0.1) is 5.41 Å². The largest absolute Gasteiger partial charge is 0.471 e. The molecular weight excluding hydrogens is 305 g/mol. The van der Waals surface area contributed by atoms with Crippen LogP contribution in [0.3, 0.4) is 0 Å². The molecule has 0 spiro atoms. The number of hydrogen-bond donors (Lipinski definition) is 2. The van der Waals surface area contributed by atoms with E-state index in [2.05, 4.69) is 5.32 Å². The number of aliphatic hydroxyl groups is 1. The van der Waals surface area contributed by atoms with E-state index in [0.29, 0.717) is 4.90 Å². The fraction of sp³-hybridized carbons (Fsp3) is 0.846. The smallest absolute Gasteiger partial charge is 0.444 e. The van der Waals surface area contributed by atoms with Gasteiger partial charge in [-0.1, -0.05) is 0 Å². The van der Waals surface area contributed by atoms with Crippen LogP contribution in [-0.4, -0.2) is 60.0 Å². The molecular formula is C13H21F3N2O4. The molecule has 1 atom stereocenters. The second-order valence-electron chi connectivity index (χ2n) is 6.49. The number of likely N-dealkylation sites (tertiary alicyclic amines) is 1. The average Bonchev–Trinajstić information content (AvgIpc) is 2.77. The van der Waals surface area contributed by atoms with Gasteiger partial charge in [-0.3, -0.25) is 4.79 Å². The maximum absolute atomic E-state index is 12.4. The Labute approximate surface area is 126 Å². The SMILES string of the molecule is CC(C)(C)OC(=O)NCC1(CO)CCN(C(=O)C(F)(F)F)C1. The first-order chi connectivity index (χ1) is 9.88. The Bertz CT molecular complexity index is 434.